The van der Waals surface area contributed by atoms with Crippen molar-refractivity contribution in [3.63, 3.8) is 0 Å². The second-order valence-corrected chi connectivity index (χ2v) is 10.4. The number of benzene rings is 2. The number of fused-ring (bicyclic) bond motifs is 1. The smallest absolute Gasteiger partial charge is 0.408 e. The lowest BCUT2D eigenvalue weighted by molar-refractivity contribution is 0.0377. The van der Waals surface area contributed by atoms with Gasteiger partial charge in [-0.1, -0.05) is 54.6 Å². The Morgan fingerprint density at radius 2 is 1.68 bits per heavy atom. The standard InChI is InChI=1S/C30H29N3O4/c1-29(2,3)37-28(36)33-30(15-7-16-30)21-12-10-20(11-13-21)25-22(19-8-5-4-6-9-19)18-23-24(32-25)14-17-31-26(23)27(34)35/h4-6,8-14,17-18H,7,15-16H2,1-3H3,(H,33,36)(H,34,35). The van der Waals surface area contributed by atoms with Gasteiger partial charge in [-0.15, -0.1) is 0 Å². The molecule has 0 saturated heterocycles. The summed E-state index contributed by atoms with van der Waals surface area (Å²) < 4.78 is 5.51. The van der Waals surface area contributed by atoms with Gasteiger partial charge in [-0.25, -0.2) is 19.6 Å². The van der Waals surface area contributed by atoms with Gasteiger partial charge >= 0.3 is 12.1 Å². The second kappa shape index (κ2) is 9.32. The quantitative estimate of drug-likeness (QED) is 0.325. The summed E-state index contributed by atoms with van der Waals surface area (Å²) in [7, 11) is 0. The number of nitrogens with one attached hydrogen (secondary N) is 1. The first-order chi connectivity index (χ1) is 17.7. The van der Waals surface area contributed by atoms with E-state index in [2.05, 4.69) is 10.3 Å². The number of alkyl carbamates (subject to hydrolysis) is 1. The summed E-state index contributed by atoms with van der Waals surface area (Å²) in [4.78, 5) is 33.3. The molecule has 1 amide bonds. The lowest BCUT2D eigenvalue weighted by Gasteiger charge is -2.43. The van der Waals surface area contributed by atoms with Crippen LogP contribution in [0.1, 0.15) is 56.1 Å². The number of carbonyl (C=O) groups excluding carboxylic acids is 1. The first kappa shape index (κ1) is 24.4. The van der Waals surface area contributed by atoms with Crippen molar-refractivity contribution in [1.29, 1.82) is 0 Å². The van der Waals surface area contributed by atoms with Gasteiger partial charge in [0, 0.05) is 22.7 Å². The SMILES string of the molecule is CC(C)(C)OC(=O)NC1(c2ccc(-c3nc4ccnc(C(=O)O)c4cc3-c3ccccc3)cc2)CCC1. The fourth-order valence-electron chi connectivity index (χ4n) is 4.79. The Kier molecular flexibility index (Phi) is 6.15. The van der Waals surface area contributed by atoms with Crippen LogP contribution in [0, 0.1) is 0 Å². The number of carboxylic acid groups (broad SMARTS) is 1. The fraction of sp³-hybridized carbons (Fsp3) is 0.267. The predicted octanol–water partition coefficient (Wildman–Crippen LogP) is 6.57. The molecule has 0 spiro atoms. The zero-order valence-corrected chi connectivity index (χ0v) is 21.1. The summed E-state index contributed by atoms with van der Waals surface area (Å²) in [5.74, 6) is -1.09. The second-order valence-electron chi connectivity index (χ2n) is 10.4. The van der Waals surface area contributed by atoms with Gasteiger partial charge in [0.25, 0.3) is 0 Å². The van der Waals surface area contributed by atoms with Crippen LogP contribution in [0.5, 0.6) is 0 Å². The number of carboxylic acids is 1. The van der Waals surface area contributed by atoms with Crippen LogP contribution in [0.4, 0.5) is 4.79 Å². The van der Waals surface area contributed by atoms with Gasteiger partial charge < -0.3 is 15.2 Å². The number of pyridine rings is 2. The van der Waals surface area contributed by atoms with Gasteiger partial charge in [-0.2, -0.15) is 0 Å². The summed E-state index contributed by atoms with van der Waals surface area (Å²) in [5, 5.41) is 13.3. The van der Waals surface area contributed by atoms with E-state index in [1.807, 2.05) is 81.4 Å². The Morgan fingerprint density at radius 1 is 0.973 bits per heavy atom. The van der Waals surface area contributed by atoms with Crippen LogP contribution in [-0.2, 0) is 10.3 Å². The van der Waals surface area contributed by atoms with Crippen LogP contribution in [0.3, 0.4) is 0 Å². The van der Waals surface area contributed by atoms with Crippen molar-refractivity contribution in [1.82, 2.24) is 15.3 Å². The fourth-order valence-corrected chi connectivity index (χ4v) is 4.79. The summed E-state index contributed by atoms with van der Waals surface area (Å²) in [6, 6.07) is 21.4. The monoisotopic (exact) mass is 495 g/mol. The highest BCUT2D eigenvalue weighted by atomic mass is 16.6. The Hall–Kier alpha value is -4.26. The number of hydrogen-bond acceptors (Lipinski definition) is 5. The number of aromatic nitrogens is 2. The number of carbonyl (C=O) groups is 2. The highest BCUT2D eigenvalue weighted by molar-refractivity contribution is 6.03. The maximum absolute atomic E-state index is 12.5. The molecule has 5 rings (SSSR count). The Bertz CT molecular complexity index is 1470. The summed E-state index contributed by atoms with van der Waals surface area (Å²) in [6.07, 6.45) is 3.78. The van der Waals surface area contributed by atoms with Gasteiger partial charge in [0.1, 0.15) is 5.60 Å². The van der Waals surface area contributed by atoms with Crippen LogP contribution < -0.4 is 5.32 Å². The van der Waals surface area contributed by atoms with Crippen molar-refractivity contribution in [3.05, 3.63) is 84.2 Å². The largest absolute Gasteiger partial charge is 0.476 e. The maximum atomic E-state index is 12.5. The number of hydrogen-bond donors (Lipinski definition) is 2. The summed E-state index contributed by atoms with van der Waals surface area (Å²) in [5.41, 5.74) is 3.94. The maximum Gasteiger partial charge on any atom is 0.408 e. The molecule has 7 nitrogen and oxygen atoms in total. The van der Waals surface area contributed by atoms with E-state index in [0.717, 1.165) is 47.2 Å². The van der Waals surface area contributed by atoms with Crippen LogP contribution in [0.15, 0.2) is 72.9 Å². The van der Waals surface area contributed by atoms with Crippen LogP contribution in [0.25, 0.3) is 33.3 Å². The first-order valence-corrected chi connectivity index (χ1v) is 12.4. The average Bonchev–Trinajstić information content (AvgIpc) is 2.84. The zero-order chi connectivity index (χ0) is 26.2. The predicted molar refractivity (Wildman–Crippen MR) is 142 cm³/mol. The minimum atomic E-state index is -1.09. The molecule has 0 unspecified atom stereocenters. The lowest BCUT2D eigenvalue weighted by atomic mass is 9.71. The normalized spacial score (nSPS) is 14.6. The summed E-state index contributed by atoms with van der Waals surface area (Å²) >= 11 is 0. The van der Waals surface area contributed by atoms with Gasteiger partial charge in [0.05, 0.1) is 16.7 Å². The van der Waals surface area contributed by atoms with Gasteiger partial charge in [-0.05, 0) is 63.3 Å². The Balaban J connectivity index is 1.56. The number of amides is 1. The number of rotatable bonds is 5. The molecule has 0 bridgehead atoms. The van der Waals surface area contributed by atoms with Crippen molar-refractivity contribution >= 4 is 23.0 Å². The molecule has 1 aliphatic rings. The molecule has 2 aromatic heterocycles. The molecule has 0 aliphatic heterocycles. The lowest BCUT2D eigenvalue weighted by Crippen LogP contribution is -2.52. The van der Waals surface area contributed by atoms with Crippen molar-refractivity contribution in [2.24, 2.45) is 0 Å². The molecule has 0 radical (unpaired) electrons. The number of nitrogens with zero attached hydrogens (tertiary/aromatic N) is 2. The third-order valence-electron chi connectivity index (χ3n) is 6.69. The molecular weight excluding hydrogens is 466 g/mol. The van der Waals surface area contributed by atoms with E-state index in [4.69, 9.17) is 9.72 Å². The highest BCUT2D eigenvalue weighted by Crippen LogP contribution is 2.42. The van der Waals surface area contributed by atoms with Gasteiger partial charge in [-0.3, -0.25) is 0 Å². The number of ether oxygens (including phenoxy) is 1. The van der Waals surface area contributed by atoms with Crippen LogP contribution >= 0.6 is 0 Å². The minimum Gasteiger partial charge on any atom is -0.476 e. The Labute approximate surface area is 215 Å². The minimum absolute atomic E-state index is 0.0239. The molecule has 1 fully saturated rings. The first-order valence-electron chi connectivity index (χ1n) is 12.4. The van der Waals surface area contributed by atoms with Crippen LogP contribution in [0.2, 0.25) is 0 Å². The third kappa shape index (κ3) is 4.89. The topological polar surface area (TPSA) is 101 Å². The molecule has 37 heavy (non-hydrogen) atoms. The highest BCUT2D eigenvalue weighted by Gasteiger charge is 2.41. The van der Waals surface area contributed by atoms with E-state index in [1.54, 1.807) is 6.07 Å². The molecular formula is C30H29N3O4. The summed E-state index contributed by atoms with van der Waals surface area (Å²) in [6.45, 7) is 5.56. The van der Waals surface area contributed by atoms with E-state index in [9.17, 15) is 14.7 Å². The van der Waals surface area contributed by atoms with Crippen molar-refractivity contribution in [2.45, 2.75) is 51.2 Å². The van der Waals surface area contributed by atoms with Crippen molar-refractivity contribution in [2.75, 3.05) is 0 Å². The Morgan fingerprint density at radius 3 is 2.27 bits per heavy atom. The van der Waals surface area contributed by atoms with Crippen molar-refractivity contribution < 1.29 is 19.4 Å². The molecule has 188 valence electrons. The third-order valence-corrected chi connectivity index (χ3v) is 6.69. The molecule has 2 aromatic carbocycles. The number of aromatic carboxylic acids is 1. The van der Waals surface area contributed by atoms with E-state index in [0.29, 0.717) is 10.9 Å². The molecule has 2 N–H and O–H groups in total. The van der Waals surface area contributed by atoms with E-state index in [-0.39, 0.29) is 5.69 Å². The van der Waals surface area contributed by atoms with E-state index >= 15 is 0 Å². The van der Waals surface area contributed by atoms with Crippen molar-refractivity contribution in [3.8, 4) is 22.4 Å². The molecule has 1 saturated carbocycles. The van der Waals surface area contributed by atoms with E-state index in [1.165, 1.54) is 6.20 Å². The molecule has 0 atom stereocenters. The molecule has 7 heteroatoms. The van der Waals surface area contributed by atoms with Gasteiger partial charge in [0.2, 0.25) is 0 Å². The molecule has 4 aromatic rings. The van der Waals surface area contributed by atoms with Crippen LogP contribution in [-0.4, -0.2) is 32.7 Å². The van der Waals surface area contributed by atoms with Gasteiger partial charge in [0.15, 0.2) is 5.69 Å². The average molecular weight is 496 g/mol. The zero-order valence-electron chi connectivity index (χ0n) is 21.1. The molecule has 2 heterocycles. The van der Waals surface area contributed by atoms with E-state index < -0.39 is 23.2 Å². The molecule has 1 aliphatic carbocycles.